The molecule has 0 aliphatic carbocycles. The molecule has 3 aromatic carbocycles. The number of aromatic nitrogens is 3. The molecule has 29 heavy (non-hydrogen) atoms. The Morgan fingerprint density at radius 3 is 2.48 bits per heavy atom. The van der Waals surface area contributed by atoms with E-state index >= 15 is 0 Å². The van der Waals surface area contributed by atoms with E-state index in [1.807, 2.05) is 6.33 Å². The average Bonchev–Trinajstić information content (AvgIpc) is 3.02. The quantitative estimate of drug-likeness (QED) is 0.152. The van der Waals surface area contributed by atoms with E-state index in [-0.39, 0.29) is 0 Å². The van der Waals surface area contributed by atoms with Gasteiger partial charge in [-0.1, -0.05) is 0 Å². The fourth-order valence-electron chi connectivity index (χ4n) is 4.96. The van der Waals surface area contributed by atoms with E-state index in [4.69, 9.17) is 4.98 Å². The Bertz CT molecular complexity index is 1600. The average molecular weight is 439 g/mol. The van der Waals surface area contributed by atoms with Gasteiger partial charge in [-0.2, -0.15) is 0 Å². The van der Waals surface area contributed by atoms with Crippen LogP contribution in [0, 0.1) is 6.92 Å². The van der Waals surface area contributed by atoms with E-state index in [1.165, 1.54) is 53.6 Å². The molecule has 6 rings (SSSR count). The summed E-state index contributed by atoms with van der Waals surface area (Å²) >= 11 is -2.04. The summed E-state index contributed by atoms with van der Waals surface area (Å²) in [5.41, 5.74) is 7.63. The van der Waals surface area contributed by atoms with Crippen molar-refractivity contribution in [2.24, 2.45) is 7.05 Å². The fraction of sp³-hybridized carbons (Fsp3) is 0.200. The minimum atomic E-state index is -2.04. The van der Waals surface area contributed by atoms with Gasteiger partial charge in [-0.3, -0.25) is 0 Å². The number of benzene rings is 3. The zero-order chi connectivity index (χ0) is 20.1. The molecule has 0 radical (unpaired) electrons. The predicted molar refractivity (Wildman–Crippen MR) is 125 cm³/mol. The molecule has 0 bridgehead atoms. The maximum absolute atomic E-state index is 4.87. The van der Waals surface area contributed by atoms with Gasteiger partial charge in [0.1, 0.15) is 0 Å². The van der Waals surface area contributed by atoms with Crippen LogP contribution in [0.4, 0.5) is 0 Å². The summed E-state index contributed by atoms with van der Waals surface area (Å²) in [6.07, 6.45) is 1.98. The number of pyridine rings is 1. The molecule has 0 aliphatic heterocycles. The van der Waals surface area contributed by atoms with Crippen LogP contribution >= 0.6 is 0 Å². The van der Waals surface area contributed by atoms with Crippen molar-refractivity contribution in [2.75, 3.05) is 0 Å². The van der Waals surface area contributed by atoms with E-state index in [2.05, 4.69) is 88.7 Å². The van der Waals surface area contributed by atoms with Gasteiger partial charge in [0.15, 0.2) is 0 Å². The molecule has 0 saturated carbocycles. The molecule has 0 atom stereocenters. The Morgan fingerprint density at radius 2 is 1.69 bits per heavy atom. The van der Waals surface area contributed by atoms with Crippen LogP contribution in [0.2, 0.25) is 17.3 Å². The SMILES string of the molecule is Cc1ccc2c3ccccc3n3c4c[c]([Ge]([CH3])([CH3])[CH3])cc5nc[n+](C)c(c1c23)c54. The molecule has 3 aromatic heterocycles. The summed E-state index contributed by atoms with van der Waals surface area (Å²) in [6, 6.07) is 18.2. The van der Waals surface area contributed by atoms with Crippen LogP contribution in [0.1, 0.15) is 5.56 Å². The number of aryl methyl sites for hydroxylation is 2. The van der Waals surface area contributed by atoms with Gasteiger partial charge in [-0.25, -0.2) is 0 Å². The Labute approximate surface area is 172 Å². The molecule has 3 heterocycles. The number of hydrogen-bond donors (Lipinski definition) is 0. The molecular weight excluding hydrogens is 415 g/mol. The first-order valence-electron chi connectivity index (χ1n) is 10.2. The summed E-state index contributed by atoms with van der Waals surface area (Å²) in [5, 5.41) is 5.27. The number of fused-ring (bicyclic) bond motifs is 5. The normalized spacial score (nSPS) is 13.0. The third-order valence-corrected chi connectivity index (χ3v) is 10.7. The molecule has 0 N–H and O–H groups in total. The molecule has 0 amide bonds. The van der Waals surface area contributed by atoms with Crippen molar-refractivity contribution in [1.29, 1.82) is 0 Å². The summed E-state index contributed by atoms with van der Waals surface area (Å²) < 4.78 is 6.20. The van der Waals surface area contributed by atoms with Gasteiger partial charge in [0, 0.05) is 0 Å². The predicted octanol–water partition coefficient (Wildman–Crippen LogP) is 5.06. The van der Waals surface area contributed by atoms with Crippen LogP contribution in [0.5, 0.6) is 0 Å². The third kappa shape index (κ3) is 2.14. The molecule has 0 saturated heterocycles. The van der Waals surface area contributed by atoms with Crippen molar-refractivity contribution in [3.63, 3.8) is 0 Å². The summed E-state index contributed by atoms with van der Waals surface area (Å²) in [7, 11) is 2.12. The van der Waals surface area contributed by atoms with E-state index < -0.39 is 13.3 Å². The summed E-state index contributed by atoms with van der Waals surface area (Å²) in [6.45, 7) is 2.23. The Morgan fingerprint density at radius 1 is 0.897 bits per heavy atom. The molecular formula is C25H24GeN3+. The fourth-order valence-corrected chi connectivity index (χ4v) is 7.35. The Balaban J connectivity index is 2.08. The van der Waals surface area contributed by atoms with Crippen LogP contribution < -0.4 is 8.96 Å². The van der Waals surface area contributed by atoms with Crippen LogP contribution in [-0.4, -0.2) is 22.7 Å². The second kappa shape index (κ2) is 5.48. The van der Waals surface area contributed by atoms with Crippen LogP contribution in [0.15, 0.2) is 54.9 Å². The Kier molecular flexibility index (Phi) is 3.26. The second-order valence-corrected chi connectivity index (χ2v) is 20.0. The van der Waals surface area contributed by atoms with Crippen molar-refractivity contribution in [2.45, 2.75) is 24.2 Å². The van der Waals surface area contributed by atoms with Crippen molar-refractivity contribution in [3.8, 4) is 0 Å². The first-order valence-corrected chi connectivity index (χ1v) is 17.6. The van der Waals surface area contributed by atoms with E-state index in [0.29, 0.717) is 0 Å². The molecule has 0 unspecified atom stereocenters. The minimum absolute atomic E-state index is 1.12. The van der Waals surface area contributed by atoms with E-state index in [0.717, 1.165) is 5.52 Å². The molecule has 142 valence electrons. The van der Waals surface area contributed by atoms with Crippen LogP contribution in [0.3, 0.4) is 0 Å². The van der Waals surface area contributed by atoms with Crippen molar-refractivity contribution >= 4 is 66.8 Å². The Hall–Kier alpha value is -2.66. The molecule has 3 nitrogen and oxygen atoms in total. The zero-order valence-corrected chi connectivity index (χ0v) is 19.6. The molecule has 0 aliphatic rings. The number of rotatable bonds is 1. The molecule has 6 aromatic rings. The molecule has 4 heteroatoms. The van der Waals surface area contributed by atoms with Gasteiger partial charge in [0.05, 0.1) is 0 Å². The van der Waals surface area contributed by atoms with Gasteiger partial charge < -0.3 is 0 Å². The van der Waals surface area contributed by atoms with Gasteiger partial charge in [0.25, 0.3) is 0 Å². The number of para-hydroxylation sites is 1. The first-order chi connectivity index (χ1) is 13.9. The van der Waals surface area contributed by atoms with Crippen LogP contribution in [-0.2, 0) is 7.05 Å². The first kappa shape index (κ1) is 17.2. The number of hydrogen-bond acceptors (Lipinski definition) is 1. The van der Waals surface area contributed by atoms with Crippen LogP contribution in [0.25, 0.3) is 49.1 Å². The van der Waals surface area contributed by atoms with Gasteiger partial charge in [-0.05, 0) is 0 Å². The standard InChI is InChI=1S/C25H24GeN3/c1-15-10-11-18-17-8-6-7-9-20(17)29-21-13-16(26(2,3)4)12-19-23(21)25(22(15)24(18)29)28(5)14-27-19/h6-14H,1-5H3/q+1. The maximum atomic E-state index is 4.87. The topological polar surface area (TPSA) is 21.2 Å². The molecule has 0 spiro atoms. The van der Waals surface area contributed by atoms with Gasteiger partial charge in [-0.15, -0.1) is 0 Å². The van der Waals surface area contributed by atoms with E-state index in [1.54, 1.807) is 0 Å². The third-order valence-electron chi connectivity index (χ3n) is 6.44. The van der Waals surface area contributed by atoms with Crippen molar-refractivity contribution in [3.05, 3.63) is 60.4 Å². The van der Waals surface area contributed by atoms with E-state index in [9.17, 15) is 0 Å². The van der Waals surface area contributed by atoms with Crippen molar-refractivity contribution < 1.29 is 4.57 Å². The summed E-state index contributed by atoms with van der Waals surface area (Å²) in [4.78, 5) is 4.87. The number of nitrogens with zero attached hydrogens (tertiary/aromatic N) is 3. The van der Waals surface area contributed by atoms with Gasteiger partial charge in [0.2, 0.25) is 0 Å². The monoisotopic (exact) mass is 440 g/mol. The van der Waals surface area contributed by atoms with Gasteiger partial charge >= 0.3 is 172 Å². The van der Waals surface area contributed by atoms with Crippen molar-refractivity contribution in [1.82, 2.24) is 9.38 Å². The zero-order valence-electron chi connectivity index (χ0n) is 17.5. The molecule has 0 fully saturated rings. The second-order valence-electron chi connectivity index (χ2n) is 9.35. The summed E-state index contributed by atoms with van der Waals surface area (Å²) in [5.74, 6) is 7.38.